The SMILES string of the molecule is COC(=O)[C@@H](OC(C)(C)C)c1c(C)nc2c(cc(C(=O)O)n2C)c1-c1cc(F)c2c(c1C)CCCO2. The molecule has 1 aliphatic rings. The van der Waals surface area contributed by atoms with Crippen molar-refractivity contribution in [3.8, 4) is 16.9 Å². The number of rotatable bonds is 5. The van der Waals surface area contributed by atoms with E-state index in [4.69, 9.17) is 14.2 Å². The number of nitrogens with zero attached hydrogens (tertiary/aromatic N) is 2. The second-order valence-corrected chi connectivity index (χ2v) is 10.0. The number of aromatic nitrogens is 2. The summed E-state index contributed by atoms with van der Waals surface area (Å²) in [6, 6.07) is 2.89. The molecule has 1 aromatic carbocycles. The van der Waals surface area contributed by atoms with Crippen molar-refractivity contribution in [2.75, 3.05) is 13.7 Å². The maximum atomic E-state index is 15.4. The molecule has 4 rings (SSSR count). The van der Waals surface area contributed by atoms with E-state index in [1.54, 1.807) is 14.0 Å². The molecule has 3 aromatic rings. The van der Waals surface area contributed by atoms with Crippen LogP contribution in [0.5, 0.6) is 5.75 Å². The largest absolute Gasteiger partial charge is 0.490 e. The highest BCUT2D eigenvalue weighted by Gasteiger charge is 2.35. The van der Waals surface area contributed by atoms with Gasteiger partial charge in [-0.3, -0.25) is 0 Å². The average Bonchev–Trinajstić information content (AvgIpc) is 3.14. The molecule has 0 saturated carbocycles. The van der Waals surface area contributed by atoms with Gasteiger partial charge >= 0.3 is 11.9 Å². The van der Waals surface area contributed by atoms with Crippen molar-refractivity contribution in [1.82, 2.24) is 9.55 Å². The van der Waals surface area contributed by atoms with Gasteiger partial charge in [-0.25, -0.2) is 19.0 Å². The Morgan fingerprint density at radius 3 is 2.56 bits per heavy atom. The first-order valence-electron chi connectivity index (χ1n) is 11.8. The number of benzene rings is 1. The van der Waals surface area contributed by atoms with Crippen molar-refractivity contribution in [3.05, 3.63) is 46.0 Å². The molecule has 0 fully saturated rings. The predicted molar refractivity (Wildman–Crippen MR) is 132 cm³/mol. The number of pyridine rings is 1. The predicted octanol–water partition coefficient (Wildman–Crippen LogP) is 5.05. The average molecular weight is 499 g/mol. The van der Waals surface area contributed by atoms with E-state index in [0.29, 0.717) is 46.4 Å². The summed E-state index contributed by atoms with van der Waals surface area (Å²) in [5.41, 5.74) is 3.10. The first-order valence-corrected chi connectivity index (χ1v) is 11.8. The first kappa shape index (κ1) is 25.6. The zero-order valence-corrected chi connectivity index (χ0v) is 21.6. The second-order valence-electron chi connectivity index (χ2n) is 10.0. The molecule has 1 atom stereocenters. The van der Waals surface area contributed by atoms with Crippen LogP contribution < -0.4 is 4.74 Å². The standard InChI is InChI=1S/C27H31FN2O6/c1-13-15-9-8-10-35-22(15)18(28)11-16(13)21-17-12-19(25(31)32)30(6)24(17)29-14(2)20(21)23(26(33)34-7)36-27(3,4)5/h11-12,23H,8-10H2,1-7H3,(H,31,32)/t23-/m0/s1. The molecule has 0 spiro atoms. The minimum Gasteiger partial charge on any atom is -0.490 e. The van der Waals surface area contributed by atoms with Gasteiger partial charge in [-0.05, 0) is 70.7 Å². The number of hydrogen-bond acceptors (Lipinski definition) is 6. The number of methoxy groups -OCH3 is 1. The Bertz CT molecular complexity index is 1390. The lowest BCUT2D eigenvalue weighted by Gasteiger charge is -2.29. The lowest BCUT2D eigenvalue weighted by Crippen LogP contribution is -2.29. The van der Waals surface area contributed by atoms with Crippen molar-refractivity contribution in [2.45, 2.75) is 59.2 Å². The van der Waals surface area contributed by atoms with Gasteiger partial charge in [0.25, 0.3) is 0 Å². The normalized spacial score (nSPS) is 14.3. The Morgan fingerprint density at radius 1 is 1.25 bits per heavy atom. The lowest BCUT2D eigenvalue weighted by molar-refractivity contribution is -0.164. The number of hydrogen-bond donors (Lipinski definition) is 1. The molecule has 2 aromatic heterocycles. The number of carbonyl (C=O) groups is 2. The van der Waals surface area contributed by atoms with Crippen LogP contribution in [0.25, 0.3) is 22.2 Å². The smallest absolute Gasteiger partial charge is 0.352 e. The van der Waals surface area contributed by atoms with Crippen molar-refractivity contribution in [2.24, 2.45) is 7.05 Å². The van der Waals surface area contributed by atoms with E-state index in [-0.39, 0.29) is 11.4 Å². The first-order chi connectivity index (χ1) is 16.9. The van der Waals surface area contributed by atoms with E-state index in [1.165, 1.54) is 23.8 Å². The van der Waals surface area contributed by atoms with Crippen LogP contribution in [0.4, 0.5) is 4.39 Å². The zero-order valence-electron chi connectivity index (χ0n) is 21.6. The molecule has 0 amide bonds. The van der Waals surface area contributed by atoms with Gasteiger partial charge in [0.1, 0.15) is 11.3 Å². The summed E-state index contributed by atoms with van der Waals surface area (Å²) in [7, 11) is 2.88. The summed E-state index contributed by atoms with van der Waals surface area (Å²) >= 11 is 0. The van der Waals surface area contributed by atoms with Crippen LogP contribution in [0.1, 0.15) is 66.2 Å². The summed E-state index contributed by atoms with van der Waals surface area (Å²) in [5, 5.41) is 10.3. The van der Waals surface area contributed by atoms with Gasteiger partial charge in [-0.2, -0.15) is 0 Å². The van der Waals surface area contributed by atoms with Crippen molar-refractivity contribution >= 4 is 23.0 Å². The van der Waals surface area contributed by atoms with Crippen LogP contribution in [0.15, 0.2) is 12.1 Å². The monoisotopic (exact) mass is 498 g/mol. The van der Waals surface area contributed by atoms with Gasteiger partial charge in [-0.15, -0.1) is 0 Å². The highest BCUT2D eigenvalue weighted by Crippen LogP contribution is 2.45. The number of aromatic carboxylic acids is 1. The Kier molecular flexibility index (Phi) is 6.55. The van der Waals surface area contributed by atoms with E-state index >= 15 is 4.39 Å². The fourth-order valence-corrected chi connectivity index (χ4v) is 4.88. The van der Waals surface area contributed by atoms with Crippen LogP contribution in [-0.2, 0) is 27.7 Å². The van der Waals surface area contributed by atoms with Gasteiger partial charge in [-0.1, -0.05) is 0 Å². The van der Waals surface area contributed by atoms with Crippen LogP contribution in [-0.4, -0.2) is 45.9 Å². The summed E-state index contributed by atoms with van der Waals surface area (Å²) in [6.07, 6.45) is 0.216. The summed E-state index contributed by atoms with van der Waals surface area (Å²) < 4.78 is 33.8. The Balaban J connectivity index is 2.17. The third-order valence-electron chi connectivity index (χ3n) is 6.48. The molecule has 1 aliphatic heterocycles. The third kappa shape index (κ3) is 4.32. The molecular weight excluding hydrogens is 467 g/mol. The second kappa shape index (κ2) is 9.20. The highest BCUT2D eigenvalue weighted by molar-refractivity contribution is 6.03. The van der Waals surface area contributed by atoms with Gasteiger partial charge in [0.15, 0.2) is 17.7 Å². The number of carboxylic acids is 1. The number of esters is 1. The van der Waals surface area contributed by atoms with Crippen LogP contribution in [0.3, 0.4) is 0 Å². The molecule has 8 nitrogen and oxygen atoms in total. The van der Waals surface area contributed by atoms with Gasteiger partial charge in [0.2, 0.25) is 0 Å². The molecule has 0 bridgehead atoms. The number of carboxylic acid groups (broad SMARTS) is 1. The van der Waals surface area contributed by atoms with Crippen LogP contribution >= 0.6 is 0 Å². The topological polar surface area (TPSA) is 99.9 Å². The third-order valence-corrected chi connectivity index (χ3v) is 6.48. The molecule has 192 valence electrons. The van der Waals surface area contributed by atoms with Crippen molar-refractivity contribution < 1.29 is 33.3 Å². The quantitative estimate of drug-likeness (QED) is 0.492. The zero-order chi connectivity index (χ0) is 26.5. The molecule has 9 heteroatoms. The fourth-order valence-electron chi connectivity index (χ4n) is 4.88. The summed E-state index contributed by atoms with van der Waals surface area (Å²) in [6.45, 7) is 9.49. The number of fused-ring (bicyclic) bond motifs is 2. The Hall–Kier alpha value is -3.46. The minimum atomic E-state index is -1.18. The van der Waals surface area contributed by atoms with E-state index < -0.39 is 29.5 Å². The molecule has 1 N–H and O–H groups in total. The molecular formula is C27H31FN2O6. The van der Waals surface area contributed by atoms with Gasteiger partial charge in [0.05, 0.1) is 19.3 Å². The fraction of sp³-hybridized carbons (Fsp3) is 0.444. The molecule has 0 aliphatic carbocycles. The summed E-state index contributed by atoms with van der Waals surface area (Å²) in [5.74, 6) is -2.04. The lowest BCUT2D eigenvalue weighted by atomic mass is 9.86. The Morgan fingerprint density at radius 2 is 1.94 bits per heavy atom. The molecule has 3 heterocycles. The van der Waals surface area contributed by atoms with Crippen molar-refractivity contribution in [3.63, 3.8) is 0 Å². The van der Waals surface area contributed by atoms with E-state index in [0.717, 1.165) is 17.5 Å². The number of aryl methyl sites for hydroxylation is 2. The van der Waals surface area contributed by atoms with Crippen LogP contribution in [0, 0.1) is 19.7 Å². The number of halogens is 1. The Labute approximate surface area is 209 Å². The maximum Gasteiger partial charge on any atom is 0.352 e. The van der Waals surface area contributed by atoms with Gasteiger partial charge in [0, 0.05) is 34.8 Å². The molecule has 0 radical (unpaired) electrons. The molecule has 0 unspecified atom stereocenters. The number of carbonyl (C=O) groups excluding carboxylic acids is 1. The van der Waals surface area contributed by atoms with E-state index in [9.17, 15) is 14.7 Å². The van der Waals surface area contributed by atoms with Crippen LogP contribution in [0.2, 0.25) is 0 Å². The van der Waals surface area contributed by atoms with E-state index in [2.05, 4.69) is 4.98 Å². The minimum absolute atomic E-state index is 0.0149. The molecule has 0 saturated heterocycles. The van der Waals surface area contributed by atoms with Gasteiger partial charge < -0.3 is 23.9 Å². The highest BCUT2D eigenvalue weighted by atomic mass is 19.1. The summed E-state index contributed by atoms with van der Waals surface area (Å²) in [4.78, 5) is 29.7. The molecule has 36 heavy (non-hydrogen) atoms. The van der Waals surface area contributed by atoms with Crippen molar-refractivity contribution in [1.29, 1.82) is 0 Å². The van der Waals surface area contributed by atoms with E-state index in [1.807, 2.05) is 27.7 Å². The number of ether oxygens (including phenoxy) is 3. The maximum absolute atomic E-state index is 15.4.